The van der Waals surface area contributed by atoms with Crippen LogP contribution >= 0.6 is 0 Å². The summed E-state index contributed by atoms with van der Waals surface area (Å²) < 4.78 is 5.75. The number of rotatable bonds is 6. The van der Waals surface area contributed by atoms with E-state index in [1.165, 1.54) is 0 Å². The molecular formula is C17H28N2O2. The summed E-state index contributed by atoms with van der Waals surface area (Å²) in [4.78, 5) is 2.32. The van der Waals surface area contributed by atoms with Gasteiger partial charge >= 0.3 is 0 Å². The standard InChI is InChI=1S/C17H28N2O2/c1-4-11-21-17-6-5-15(13(2)14(17)3)16(20)12-19-9-7-18-8-10-19/h5-6,16,18,20H,4,7-12H2,1-3H3. The summed E-state index contributed by atoms with van der Waals surface area (Å²) >= 11 is 0. The fourth-order valence-electron chi connectivity index (χ4n) is 2.78. The average Bonchev–Trinajstić information content (AvgIpc) is 2.49. The lowest BCUT2D eigenvalue weighted by molar-refractivity contribution is 0.105. The van der Waals surface area contributed by atoms with Crippen molar-refractivity contribution in [3.05, 3.63) is 28.8 Å². The highest BCUT2D eigenvalue weighted by molar-refractivity contribution is 5.44. The van der Waals surface area contributed by atoms with Crippen LogP contribution in [0.25, 0.3) is 0 Å². The van der Waals surface area contributed by atoms with Gasteiger partial charge in [0.05, 0.1) is 12.7 Å². The number of benzene rings is 1. The molecule has 2 rings (SSSR count). The SMILES string of the molecule is CCCOc1ccc(C(O)CN2CCNCC2)c(C)c1C. The molecule has 1 unspecified atom stereocenters. The molecule has 1 saturated heterocycles. The number of β-amino-alcohol motifs (C(OH)–C–C–N with tert-alkyl or cyclic N) is 1. The van der Waals surface area contributed by atoms with E-state index in [0.29, 0.717) is 6.54 Å². The maximum atomic E-state index is 10.5. The van der Waals surface area contributed by atoms with Gasteiger partial charge in [-0.2, -0.15) is 0 Å². The van der Waals surface area contributed by atoms with Crippen LogP contribution < -0.4 is 10.1 Å². The molecule has 0 amide bonds. The van der Waals surface area contributed by atoms with Crippen LogP contribution in [0.2, 0.25) is 0 Å². The van der Waals surface area contributed by atoms with Crippen molar-refractivity contribution in [3.63, 3.8) is 0 Å². The number of nitrogens with one attached hydrogen (secondary N) is 1. The molecule has 0 aromatic heterocycles. The molecule has 0 saturated carbocycles. The smallest absolute Gasteiger partial charge is 0.122 e. The highest BCUT2D eigenvalue weighted by Gasteiger charge is 2.18. The summed E-state index contributed by atoms with van der Waals surface area (Å²) in [7, 11) is 0. The molecular weight excluding hydrogens is 264 g/mol. The van der Waals surface area contributed by atoms with Crippen molar-refractivity contribution >= 4 is 0 Å². The van der Waals surface area contributed by atoms with Crippen molar-refractivity contribution in [2.24, 2.45) is 0 Å². The van der Waals surface area contributed by atoms with E-state index in [1.807, 2.05) is 12.1 Å². The van der Waals surface area contributed by atoms with Crippen LogP contribution in [-0.4, -0.2) is 49.3 Å². The van der Waals surface area contributed by atoms with Crippen molar-refractivity contribution in [2.45, 2.75) is 33.3 Å². The molecule has 1 aliphatic heterocycles. The van der Waals surface area contributed by atoms with Crippen molar-refractivity contribution in [1.82, 2.24) is 10.2 Å². The predicted octanol–water partition coefficient (Wildman–Crippen LogP) is 2.03. The summed E-state index contributed by atoms with van der Waals surface area (Å²) in [5.74, 6) is 0.937. The molecule has 1 aromatic carbocycles. The molecule has 0 bridgehead atoms. The van der Waals surface area contributed by atoms with Crippen molar-refractivity contribution in [1.29, 1.82) is 0 Å². The van der Waals surface area contributed by atoms with Crippen LogP contribution in [0.1, 0.15) is 36.1 Å². The zero-order valence-electron chi connectivity index (χ0n) is 13.5. The van der Waals surface area contributed by atoms with E-state index < -0.39 is 6.10 Å². The summed E-state index contributed by atoms with van der Waals surface area (Å²) in [5.41, 5.74) is 3.31. The summed E-state index contributed by atoms with van der Waals surface area (Å²) in [6.07, 6.45) is 0.577. The average molecular weight is 292 g/mol. The van der Waals surface area contributed by atoms with Crippen LogP contribution in [0.4, 0.5) is 0 Å². The van der Waals surface area contributed by atoms with Gasteiger partial charge in [0.25, 0.3) is 0 Å². The van der Waals surface area contributed by atoms with Crippen LogP contribution in [0.15, 0.2) is 12.1 Å². The van der Waals surface area contributed by atoms with E-state index in [9.17, 15) is 5.11 Å². The Balaban J connectivity index is 2.06. The molecule has 1 fully saturated rings. The van der Waals surface area contributed by atoms with Gasteiger partial charge in [-0.3, -0.25) is 4.90 Å². The van der Waals surface area contributed by atoms with Gasteiger partial charge in [0, 0.05) is 32.7 Å². The third kappa shape index (κ3) is 4.19. The first-order valence-electron chi connectivity index (χ1n) is 7.97. The zero-order chi connectivity index (χ0) is 15.2. The highest BCUT2D eigenvalue weighted by atomic mass is 16.5. The Hall–Kier alpha value is -1.10. The second-order valence-corrected chi connectivity index (χ2v) is 5.82. The highest BCUT2D eigenvalue weighted by Crippen LogP contribution is 2.28. The minimum Gasteiger partial charge on any atom is -0.493 e. The van der Waals surface area contributed by atoms with Gasteiger partial charge < -0.3 is 15.2 Å². The molecule has 1 aromatic rings. The first-order chi connectivity index (χ1) is 10.1. The molecule has 118 valence electrons. The summed E-state index contributed by atoms with van der Waals surface area (Å²) in [6, 6.07) is 4.01. The van der Waals surface area contributed by atoms with E-state index in [-0.39, 0.29) is 0 Å². The zero-order valence-corrected chi connectivity index (χ0v) is 13.5. The summed E-state index contributed by atoms with van der Waals surface area (Å²) in [6.45, 7) is 11.7. The Labute approximate surface area is 128 Å². The molecule has 0 aliphatic carbocycles. The first kappa shape index (κ1) is 16.3. The molecule has 21 heavy (non-hydrogen) atoms. The third-order valence-corrected chi connectivity index (χ3v) is 4.24. The maximum Gasteiger partial charge on any atom is 0.122 e. The molecule has 1 atom stereocenters. The largest absolute Gasteiger partial charge is 0.493 e. The lowest BCUT2D eigenvalue weighted by atomic mass is 9.98. The number of aliphatic hydroxyl groups is 1. The number of piperazine rings is 1. The van der Waals surface area contributed by atoms with Gasteiger partial charge in [0.1, 0.15) is 5.75 Å². The van der Waals surface area contributed by atoms with Gasteiger partial charge in [-0.15, -0.1) is 0 Å². The van der Waals surface area contributed by atoms with E-state index in [4.69, 9.17) is 4.74 Å². The Morgan fingerprint density at radius 1 is 1.24 bits per heavy atom. The molecule has 1 aliphatic rings. The molecule has 4 heteroatoms. The van der Waals surface area contributed by atoms with Crippen molar-refractivity contribution < 1.29 is 9.84 Å². The third-order valence-electron chi connectivity index (χ3n) is 4.24. The fourth-order valence-corrected chi connectivity index (χ4v) is 2.78. The second kappa shape index (κ2) is 7.78. The quantitative estimate of drug-likeness (QED) is 0.842. The van der Waals surface area contributed by atoms with Gasteiger partial charge in [0.15, 0.2) is 0 Å². The lowest BCUT2D eigenvalue weighted by Gasteiger charge is -2.30. The molecule has 2 N–H and O–H groups in total. The Morgan fingerprint density at radius 3 is 2.62 bits per heavy atom. The molecule has 0 radical (unpaired) electrons. The van der Waals surface area contributed by atoms with Gasteiger partial charge in [-0.05, 0) is 43.0 Å². The van der Waals surface area contributed by atoms with Crippen LogP contribution in [0.3, 0.4) is 0 Å². The lowest BCUT2D eigenvalue weighted by Crippen LogP contribution is -2.45. The van der Waals surface area contributed by atoms with Gasteiger partial charge in [-0.1, -0.05) is 13.0 Å². The monoisotopic (exact) mass is 292 g/mol. The minimum absolute atomic E-state index is 0.429. The Morgan fingerprint density at radius 2 is 1.95 bits per heavy atom. The molecule has 0 spiro atoms. The van der Waals surface area contributed by atoms with Crippen LogP contribution in [0.5, 0.6) is 5.75 Å². The number of aliphatic hydroxyl groups excluding tert-OH is 1. The first-order valence-corrected chi connectivity index (χ1v) is 7.97. The van der Waals surface area contributed by atoms with E-state index >= 15 is 0 Å². The van der Waals surface area contributed by atoms with Gasteiger partial charge in [0.2, 0.25) is 0 Å². The topological polar surface area (TPSA) is 44.7 Å². The number of hydrogen-bond acceptors (Lipinski definition) is 4. The fraction of sp³-hybridized carbons (Fsp3) is 0.647. The molecule has 1 heterocycles. The van der Waals surface area contributed by atoms with E-state index in [2.05, 4.69) is 31.0 Å². The number of hydrogen-bond donors (Lipinski definition) is 2. The van der Waals surface area contributed by atoms with E-state index in [1.54, 1.807) is 0 Å². The van der Waals surface area contributed by atoms with Gasteiger partial charge in [-0.25, -0.2) is 0 Å². The number of ether oxygens (including phenoxy) is 1. The summed E-state index contributed by atoms with van der Waals surface area (Å²) in [5, 5.41) is 13.9. The normalized spacial score (nSPS) is 17.7. The number of nitrogens with zero attached hydrogens (tertiary/aromatic N) is 1. The van der Waals surface area contributed by atoms with Crippen LogP contribution in [-0.2, 0) is 0 Å². The predicted molar refractivity (Wildman–Crippen MR) is 86.0 cm³/mol. The van der Waals surface area contributed by atoms with E-state index in [0.717, 1.165) is 61.6 Å². The second-order valence-electron chi connectivity index (χ2n) is 5.82. The van der Waals surface area contributed by atoms with Crippen LogP contribution in [0, 0.1) is 13.8 Å². The minimum atomic E-state index is -0.429. The Kier molecular flexibility index (Phi) is 6.03. The van der Waals surface area contributed by atoms with Crippen molar-refractivity contribution in [3.8, 4) is 5.75 Å². The maximum absolute atomic E-state index is 10.5. The Bertz CT molecular complexity index is 456. The molecule has 4 nitrogen and oxygen atoms in total. The van der Waals surface area contributed by atoms with Crippen molar-refractivity contribution in [2.75, 3.05) is 39.3 Å².